The van der Waals surface area contributed by atoms with Crippen molar-refractivity contribution in [3.05, 3.63) is 77.1 Å². The highest BCUT2D eigenvalue weighted by Gasteiger charge is 2.62. The van der Waals surface area contributed by atoms with E-state index in [1.54, 1.807) is 39.0 Å². The minimum Gasteiger partial charge on any atom is -0.444 e. The van der Waals surface area contributed by atoms with E-state index >= 15 is 0 Å². The van der Waals surface area contributed by atoms with Crippen LogP contribution in [-0.2, 0) is 47.0 Å². The number of allylic oxidation sites excluding steroid dienone is 1. The van der Waals surface area contributed by atoms with Crippen LogP contribution in [0.5, 0.6) is 0 Å². The Morgan fingerprint density at radius 2 is 1.77 bits per heavy atom. The first-order valence-electron chi connectivity index (χ1n) is 18.4. The molecule has 0 spiro atoms. The number of halogens is 3. The Kier molecular flexibility index (Phi) is 11.4. The van der Waals surface area contributed by atoms with Gasteiger partial charge in [0.1, 0.15) is 51.7 Å². The molecule has 1 saturated carbocycles. The molecule has 302 valence electrons. The third-order valence-electron chi connectivity index (χ3n) is 10.2. The predicted molar refractivity (Wildman–Crippen MR) is 192 cm³/mol. The second-order valence-corrected chi connectivity index (χ2v) is 17.2. The highest BCUT2D eigenvalue weighted by atomic mass is 32.2. The highest BCUT2D eigenvalue weighted by molar-refractivity contribution is 7.90. The number of amides is 5. The van der Waals surface area contributed by atoms with Crippen LogP contribution >= 0.6 is 0 Å². The molecule has 1 saturated heterocycles. The van der Waals surface area contributed by atoms with Crippen LogP contribution in [0.1, 0.15) is 76.8 Å². The molecule has 14 nitrogen and oxygen atoms in total. The van der Waals surface area contributed by atoms with Gasteiger partial charge in [0.05, 0.1) is 13.1 Å². The van der Waals surface area contributed by atoms with E-state index in [1.807, 2.05) is 4.72 Å². The topological polar surface area (TPSA) is 181 Å². The average Bonchev–Trinajstić information content (AvgIpc) is 3.40. The number of hydrogen-bond donors (Lipinski definition) is 3. The summed E-state index contributed by atoms with van der Waals surface area (Å²) in [6, 6.07) is 3.71. The fraction of sp³-hybridized carbons (Fsp3) is 0.500. The normalized spacial score (nSPS) is 25.5. The largest absolute Gasteiger partial charge is 0.444 e. The molecule has 2 aromatic carbocycles. The Labute approximate surface area is 322 Å². The molecule has 0 aromatic heterocycles. The van der Waals surface area contributed by atoms with Crippen LogP contribution in [0.25, 0.3) is 0 Å². The van der Waals surface area contributed by atoms with Crippen molar-refractivity contribution < 1.29 is 55.0 Å². The van der Waals surface area contributed by atoms with E-state index in [4.69, 9.17) is 9.47 Å². The minimum atomic E-state index is -4.88. The molecule has 5 amide bonds. The van der Waals surface area contributed by atoms with Crippen molar-refractivity contribution in [3.63, 3.8) is 0 Å². The third-order valence-corrected chi connectivity index (χ3v) is 11.6. The SMILES string of the molecule is CC(C)(C)OC(=O)N[C@H]1CCCCCC=C[C@@H]2C[C@@]2(C(=O)NS(=O)(=O)c2ccc(F)cc2F)NC(=O)[C@@H]2C[C@@H](OC(=O)N3Cc4cccc(F)c4C3)CN2C1=O. The molecular weight excluding hydrogens is 760 g/mol. The Balaban J connectivity index is 1.27. The number of ether oxygens (including phenoxy) is 2. The molecule has 56 heavy (non-hydrogen) atoms. The first-order chi connectivity index (χ1) is 26.4. The Morgan fingerprint density at radius 1 is 1.00 bits per heavy atom. The van der Waals surface area contributed by atoms with Crippen LogP contribution in [0.3, 0.4) is 0 Å². The molecule has 5 atom stereocenters. The zero-order valence-corrected chi connectivity index (χ0v) is 31.9. The maximum Gasteiger partial charge on any atom is 0.410 e. The number of alkyl carbamates (subject to hydrolysis) is 1. The smallest absolute Gasteiger partial charge is 0.410 e. The van der Waals surface area contributed by atoms with Crippen molar-refractivity contribution in [1.82, 2.24) is 25.2 Å². The van der Waals surface area contributed by atoms with Crippen LogP contribution in [-0.4, -0.2) is 84.0 Å². The lowest BCUT2D eigenvalue weighted by molar-refractivity contribution is -0.141. The molecule has 3 aliphatic heterocycles. The van der Waals surface area contributed by atoms with Gasteiger partial charge in [-0.25, -0.2) is 35.9 Å². The summed E-state index contributed by atoms with van der Waals surface area (Å²) in [6.45, 7) is 4.70. The number of hydrogen-bond acceptors (Lipinski definition) is 9. The van der Waals surface area contributed by atoms with E-state index in [0.717, 1.165) is 11.0 Å². The van der Waals surface area contributed by atoms with Gasteiger partial charge in [-0.3, -0.25) is 19.3 Å². The van der Waals surface area contributed by atoms with Crippen molar-refractivity contribution >= 4 is 39.9 Å². The highest BCUT2D eigenvalue weighted by Crippen LogP contribution is 2.46. The number of carbonyl (C=O) groups is 5. The molecule has 0 unspecified atom stereocenters. The van der Waals surface area contributed by atoms with Crippen molar-refractivity contribution in [2.45, 2.75) is 113 Å². The molecule has 6 rings (SSSR count). The van der Waals surface area contributed by atoms with Gasteiger partial charge in [-0.15, -0.1) is 0 Å². The minimum absolute atomic E-state index is 0.0452. The Hall–Kier alpha value is -5.13. The van der Waals surface area contributed by atoms with Crippen molar-refractivity contribution in [1.29, 1.82) is 0 Å². The molecule has 1 aliphatic carbocycles. The average molecular weight is 804 g/mol. The molecular formula is C38H44F3N5O9S. The van der Waals surface area contributed by atoms with Crippen LogP contribution in [0.15, 0.2) is 53.4 Å². The zero-order valence-electron chi connectivity index (χ0n) is 31.1. The van der Waals surface area contributed by atoms with Crippen LogP contribution < -0.4 is 15.4 Å². The Bertz CT molecular complexity index is 2060. The number of fused-ring (bicyclic) bond motifs is 3. The van der Waals surface area contributed by atoms with E-state index < -0.39 is 97.5 Å². The van der Waals surface area contributed by atoms with Crippen molar-refractivity contribution in [2.24, 2.45) is 5.92 Å². The molecule has 2 fully saturated rings. The van der Waals surface area contributed by atoms with Crippen LogP contribution in [0, 0.1) is 23.4 Å². The van der Waals surface area contributed by atoms with Gasteiger partial charge in [0, 0.05) is 30.5 Å². The molecule has 0 radical (unpaired) electrons. The number of benzene rings is 2. The summed E-state index contributed by atoms with van der Waals surface area (Å²) in [4.78, 5) is 70.2. The second-order valence-electron chi connectivity index (χ2n) is 15.5. The lowest BCUT2D eigenvalue weighted by atomic mass is 10.0. The Morgan fingerprint density at radius 3 is 2.48 bits per heavy atom. The summed E-state index contributed by atoms with van der Waals surface area (Å²) >= 11 is 0. The molecule has 18 heteroatoms. The van der Waals surface area contributed by atoms with Gasteiger partial charge < -0.3 is 25.0 Å². The van der Waals surface area contributed by atoms with Gasteiger partial charge in [0.2, 0.25) is 11.8 Å². The molecule has 2 aromatic rings. The quantitative estimate of drug-likeness (QED) is 0.371. The number of nitrogens with one attached hydrogen (secondary N) is 3. The molecule has 3 N–H and O–H groups in total. The lowest BCUT2D eigenvalue weighted by Crippen LogP contribution is -2.58. The molecule has 0 bridgehead atoms. The van der Waals surface area contributed by atoms with Gasteiger partial charge >= 0.3 is 12.2 Å². The number of nitrogens with zero attached hydrogens (tertiary/aromatic N) is 2. The third kappa shape index (κ3) is 8.95. The van der Waals surface area contributed by atoms with Gasteiger partial charge in [-0.05, 0) is 70.2 Å². The fourth-order valence-corrected chi connectivity index (χ4v) is 8.40. The maximum absolute atomic E-state index is 14.5. The maximum atomic E-state index is 14.5. The van der Waals surface area contributed by atoms with Gasteiger partial charge in [-0.2, -0.15) is 0 Å². The summed E-state index contributed by atoms with van der Waals surface area (Å²) in [7, 11) is -4.88. The van der Waals surface area contributed by atoms with Crippen LogP contribution in [0.2, 0.25) is 0 Å². The fourth-order valence-electron chi connectivity index (χ4n) is 7.30. The summed E-state index contributed by atoms with van der Waals surface area (Å²) in [5.74, 6) is -6.37. The second kappa shape index (κ2) is 15.8. The van der Waals surface area contributed by atoms with Crippen LogP contribution in [0.4, 0.5) is 22.8 Å². The number of carbonyl (C=O) groups excluding carboxylic acids is 5. The van der Waals surface area contributed by atoms with E-state index in [9.17, 15) is 45.6 Å². The summed E-state index contributed by atoms with van der Waals surface area (Å²) in [5.41, 5.74) is -1.79. The predicted octanol–water partition coefficient (Wildman–Crippen LogP) is 4.32. The van der Waals surface area contributed by atoms with Gasteiger partial charge in [0.15, 0.2) is 0 Å². The standard InChI is InChI=1S/C38H44F3N5O9S/c1-37(2,3)55-35(50)42-29-13-8-6-4-5-7-11-23-18-38(23,34(49)44-56(52,53)31-15-14-24(39)16-28(31)41)43-32(47)30-17-25(20-46(30)33(29)48)54-36(51)45-19-22-10-9-12-27(40)26(22)21-45/h7,9-12,14-16,23,25,29-30H,4-6,8,13,17-21H2,1-3H3,(H,42,50)(H,43,47)(H,44,49)/t23-,25-,29+,30+,38-/m1/s1. The molecule has 3 heterocycles. The number of rotatable bonds is 5. The number of sulfonamides is 1. The summed E-state index contributed by atoms with van der Waals surface area (Å²) < 4.78 is 81.8. The van der Waals surface area contributed by atoms with E-state index in [1.165, 1.54) is 17.0 Å². The van der Waals surface area contributed by atoms with Gasteiger partial charge in [0.25, 0.3) is 15.9 Å². The summed E-state index contributed by atoms with van der Waals surface area (Å²) in [5, 5.41) is 5.26. The van der Waals surface area contributed by atoms with E-state index in [2.05, 4.69) is 10.6 Å². The first kappa shape index (κ1) is 40.5. The van der Waals surface area contributed by atoms with Gasteiger partial charge in [-0.1, -0.05) is 37.1 Å². The monoisotopic (exact) mass is 803 g/mol. The zero-order chi connectivity index (χ0) is 40.6. The van der Waals surface area contributed by atoms with E-state index in [-0.39, 0.29) is 38.9 Å². The summed E-state index contributed by atoms with van der Waals surface area (Å²) in [6.07, 6.45) is 2.99. The first-order valence-corrected chi connectivity index (χ1v) is 19.9. The molecule has 4 aliphatic rings. The van der Waals surface area contributed by atoms with Crippen molar-refractivity contribution in [3.8, 4) is 0 Å². The lowest BCUT2D eigenvalue weighted by Gasteiger charge is -2.30. The van der Waals surface area contributed by atoms with E-state index in [0.29, 0.717) is 48.9 Å². The van der Waals surface area contributed by atoms with Crippen molar-refractivity contribution in [2.75, 3.05) is 6.54 Å².